The van der Waals surface area contributed by atoms with Crippen molar-refractivity contribution < 1.29 is 4.39 Å². The van der Waals surface area contributed by atoms with Crippen LogP contribution >= 0.6 is 0 Å². The van der Waals surface area contributed by atoms with E-state index in [4.69, 9.17) is 0 Å². The van der Waals surface area contributed by atoms with Gasteiger partial charge in [0, 0.05) is 5.71 Å². The molecular weight excluding hydrogens is 165 g/mol. The third kappa shape index (κ3) is 9.25. The molecular formula is C11H22FN. The molecule has 0 aromatic heterocycles. The maximum absolute atomic E-state index is 12.5. The number of rotatable bonds is 3. The van der Waals surface area contributed by atoms with Gasteiger partial charge in [0.25, 0.3) is 0 Å². The van der Waals surface area contributed by atoms with E-state index in [0.717, 1.165) is 5.71 Å². The van der Waals surface area contributed by atoms with Crippen LogP contribution < -0.4 is 0 Å². The molecule has 78 valence electrons. The van der Waals surface area contributed by atoms with Gasteiger partial charge in [-0.15, -0.1) is 0 Å². The molecule has 0 atom stereocenters. The van der Waals surface area contributed by atoms with Crippen molar-refractivity contribution in [3.8, 4) is 0 Å². The van der Waals surface area contributed by atoms with Crippen molar-refractivity contribution in [3.63, 3.8) is 0 Å². The fraction of sp³-hybridized carbons (Fsp3) is 0.727. The summed E-state index contributed by atoms with van der Waals surface area (Å²) in [6.07, 6.45) is 1.73. The van der Waals surface area contributed by atoms with E-state index in [0.29, 0.717) is 12.3 Å². The Labute approximate surface area is 81.8 Å². The minimum Gasteiger partial charge on any atom is -0.263 e. The van der Waals surface area contributed by atoms with Gasteiger partial charge in [-0.2, -0.15) is 0 Å². The first-order chi connectivity index (χ1) is 6.07. The number of allylic oxidation sites excluding steroid dienone is 1. The fourth-order valence-corrected chi connectivity index (χ4v) is 0.412. The summed E-state index contributed by atoms with van der Waals surface area (Å²) in [6.45, 7) is 11.8. The average Bonchev–Trinajstić information content (AvgIpc) is 2.16. The molecule has 13 heavy (non-hydrogen) atoms. The lowest BCUT2D eigenvalue weighted by atomic mass is 10.1. The molecule has 0 fully saturated rings. The molecule has 0 aliphatic carbocycles. The Balaban J connectivity index is 0. The lowest BCUT2D eigenvalue weighted by Crippen LogP contribution is -2.00. The molecule has 0 aliphatic heterocycles. The van der Waals surface area contributed by atoms with Gasteiger partial charge in [-0.3, -0.25) is 4.99 Å². The Hall–Kier alpha value is -0.660. The molecule has 0 aromatic rings. The van der Waals surface area contributed by atoms with Gasteiger partial charge >= 0.3 is 0 Å². The SMILES string of the molecule is CC.CC/C(F)=C\N=C(C)C(C)C. The minimum absolute atomic E-state index is 0.162. The number of hydrogen-bond donors (Lipinski definition) is 0. The van der Waals surface area contributed by atoms with Gasteiger partial charge < -0.3 is 0 Å². The smallest absolute Gasteiger partial charge is 0.118 e. The van der Waals surface area contributed by atoms with Crippen LogP contribution in [0.25, 0.3) is 0 Å². The van der Waals surface area contributed by atoms with E-state index in [1.54, 1.807) is 6.92 Å². The van der Waals surface area contributed by atoms with Crippen molar-refractivity contribution in [2.45, 2.75) is 48.0 Å². The van der Waals surface area contributed by atoms with Crippen LogP contribution in [0.3, 0.4) is 0 Å². The number of halogens is 1. The highest BCUT2D eigenvalue weighted by Crippen LogP contribution is 2.03. The average molecular weight is 187 g/mol. The molecule has 0 radical (unpaired) electrons. The summed E-state index contributed by atoms with van der Waals surface area (Å²) >= 11 is 0. The first-order valence-electron chi connectivity index (χ1n) is 4.96. The Morgan fingerprint density at radius 1 is 1.38 bits per heavy atom. The van der Waals surface area contributed by atoms with Crippen molar-refractivity contribution in [2.24, 2.45) is 10.9 Å². The van der Waals surface area contributed by atoms with Crippen LogP contribution in [-0.2, 0) is 0 Å². The van der Waals surface area contributed by atoms with Gasteiger partial charge in [-0.1, -0.05) is 34.6 Å². The van der Waals surface area contributed by atoms with Crippen LogP contribution in [0.4, 0.5) is 4.39 Å². The van der Waals surface area contributed by atoms with Crippen LogP contribution in [0.15, 0.2) is 17.0 Å². The molecule has 0 saturated heterocycles. The zero-order valence-electron chi connectivity index (χ0n) is 9.69. The molecule has 0 rings (SSSR count). The molecule has 0 amide bonds. The molecule has 0 aromatic carbocycles. The molecule has 0 aliphatic rings. The summed E-state index contributed by atoms with van der Waals surface area (Å²) < 4.78 is 12.5. The van der Waals surface area contributed by atoms with Gasteiger partial charge in [0.1, 0.15) is 5.83 Å². The van der Waals surface area contributed by atoms with Gasteiger partial charge in [-0.05, 0) is 19.3 Å². The van der Waals surface area contributed by atoms with E-state index in [2.05, 4.69) is 4.99 Å². The zero-order valence-corrected chi connectivity index (χ0v) is 9.69. The summed E-state index contributed by atoms with van der Waals surface area (Å²) in [5.41, 5.74) is 0.966. The van der Waals surface area contributed by atoms with E-state index >= 15 is 0 Å². The molecule has 1 nitrogen and oxygen atoms in total. The van der Waals surface area contributed by atoms with E-state index in [1.165, 1.54) is 6.20 Å². The predicted octanol–water partition coefficient (Wildman–Crippen LogP) is 4.35. The molecule has 0 saturated carbocycles. The molecule has 0 bridgehead atoms. The summed E-state index contributed by atoms with van der Waals surface area (Å²) in [5.74, 6) is 0.237. The number of nitrogens with zero attached hydrogens (tertiary/aromatic N) is 1. The molecule has 0 unspecified atom stereocenters. The molecule has 0 heterocycles. The highest BCUT2D eigenvalue weighted by Gasteiger charge is 1.95. The van der Waals surface area contributed by atoms with Crippen molar-refractivity contribution in [1.29, 1.82) is 0 Å². The van der Waals surface area contributed by atoms with Crippen LogP contribution in [0, 0.1) is 5.92 Å². The van der Waals surface area contributed by atoms with Crippen LogP contribution in [0.1, 0.15) is 48.0 Å². The Bertz CT molecular complexity index is 169. The third-order valence-corrected chi connectivity index (χ3v) is 1.58. The molecule has 2 heteroatoms. The Kier molecular flexibility index (Phi) is 10.8. The highest BCUT2D eigenvalue weighted by atomic mass is 19.1. The van der Waals surface area contributed by atoms with Gasteiger partial charge in [0.2, 0.25) is 0 Å². The van der Waals surface area contributed by atoms with Crippen molar-refractivity contribution in [3.05, 3.63) is 12.0 Å². The zero-order chi connectivity index (χ0) is 10.9. The van der Waals surface area contributed by atoms with Crippen molar-refractivity contribution in [1.82, 2.24) is 0 Å². The van der Waals surface area contributed by atoms with E-state index in [-0.39, 0.29) is 5.83 Å². The standard InChI is InChI=1S/C9H16FN.C2H6/c1-5-9(10)6-11-8(4)7(2)3;1-2/h6-7H,5H2,1-4H3;1-2H3/b9-6+,11-8?;. The predicted molar refractivity (Wildman–Crippen MR) is 58.8 cm³/mol. The minimum atomic E-state index is -0.162. The van der Waals surface area contributed by atoms with Gasteiger partial charge in [-0.25, -0.2) is 4.39 Å². The maximum atomic E-state index is 12.5. The Morgan fingerprint density at radius 3 is 2.15 bits per heavy atom. The maximum Gasteiger partial charge on any atom is 0.118 e. The fourth-order valence-electron chi connectivity index (χ4n) is 0.412. The number of hydrogen-bond acceptors (Lipinski definition) is 1. The van der Waals surface area contributed by atoms with Gasteiger partial charge in [0.05, 0.1) is 6.20 Å². The largest absolute Gasteiger partial charge is 0.263 e. The van der Waals surface area contributed by atoms with E-state index in [9.17, 15) is 4.39 Å². The lowest BCUT2D eigenvalue weighted by Gasteiger charge is -2.00. The first-order valence-corrected chi connectivity index (χ1v) is 4.96. The molecule has 0 spiro atoms. The van der Waals surface area contributed by atoms with Crippen LogP contribution in [0.2, 0.25) is 0 Å². The second-order valence-corrected chi connectivity index (χ2v) is 2.85. The summed E-state index contributed by atoms with van der Waals surface area (Å²) in [4.78, 5) is 3.97. The first kappa shape index (κ1) is 14.8. The highest BCUT2D eigenvalue weighted by molar-refractivity contribution is 5.84. The molecule has 0 N–H and O–H groups in total. The third-order valence-electron chi connectivity index (χ3n) is 1.58. The second kappa shape index (κ2) is 9.43. The van der Waals surface area contributed by atoms with Crippen LogP contribution in [-0.4, -0.2) is 5.71 Å². The summed E-state index contributed by atoms with van der Waals surface area (Å²) in [6, 6.07) is 0. The monoisotopic (exact) mass is 187 g/mol. The summed E-state index contributed by atoms with van der Waals surface area (Å²) in [7, 11) is 0. The topological polar surface area (TPSA) is 12.4 Å². The van der Waals surface area contributed by atoms with Crippen LogP contribution in [0.5, 0.6) is 0 Å². The lowest BCUT2D eigenvalue weighted by molar-refractivity contribution is 0.601. The van der Waals surface area contributed by atoms with Crippen molar-refractivity contribution in [2.75, 3.05) is 0 Å². The normalized spacial score (nSPS) is 12.6. The second-order valence-electron chi connectivity index (χ2n) is 2.85. The van der Waals surface area contributed by atoms with Gasteiger partial charge in [0.15, 0.2) is 0 Å². The quantitative estimate of drug-likeness (QED) is 0.582. The van der Waals surface area contributed by atoms with E-state index in [1.807, 2.05) is 34.6 Å². The summed E-state index contributed by atoms with van der Waals surface area (Å²) in [5, 5.41) is 0. The van der Waals surface area contributed by atoms with E-state index < -0.39 is 0 Å². The number of aliphatic imine (C=N–C) groups is 1. The Morgan fingerprint density at radius 2 is 1.85 bits per heavy atom. The van der Waals surface area contributed by atoms with Crippen molar-refractivity contribution >= 4 is 5.71 Å².